The minimum absolute atomic E-state index is 0.0638. The second-order valence-corrected chi connectivity index (χ2v) is 5.25. The largest absolute Gasteiger partial charge is 0.231 e. The van der Waals surface area contributed by atoms with Gasteiger partial charge in [-0.15, -0.1) is 0 Å². The Bertz CT molecular complexity index is 250. The fraction of sp³-hybridized carbons (Fsp3) is 0.833. The number of hydrogen-bond acceptors (Lipinski definition) is 4. The van der Waals surface area contributed by atoms with Gasteiger partial charge < -0.3 is 0 Å². The summed E-state index contributed by atoms with van der Waals surface area (Å²) in [4.78, 5) is 3.53. The molecule has 0 bridgehead atoms. The minimum atomic E-state index is -2.95. The Morgan fingerprint density at radius 1 is 1.55 bits per heavy atom. The van der Waals surface area contributed by atoms with Gasteiger partial charge in [0.1, 0.15) is 0 Å². The van der Waals surface area contributed by atoms with E-state index in [2.05, 4.69) is 22.4 Å². The molecule has 0 heterocycles. The van der Waals surface area contributed by atoms with Crippen molar-refractivity contribution in [2.45, 2.75) is 19.1 Å². The van der Waals surface area contributed by atoms with Crippen LogP contribution in [0.25, 0.3) is 0 Å². The second-order valence-electron chi connectivity index (χ2n) is 2.39. The van der Waals surface area contributed by atoms with Gasteiger partial charge in [0.2, 0.25) is 0 Å². The van der Waals surface area contributed by atoms with Crippen LogP contribution in [0.2, 0.25) is 0 Å². The highest BCUT2D eigenvalue weighted by Crippen LogP contribution is 1.99. The number of hydrogen-bond donors (Lipinski definition) is 0. The maximum Gasteiger partial charge on any atom is 0.154 e. The molecule has 0 aliphatic carbocycles. The van der Waals surface area contributed by atoms with Crippen molar-refractivity contribution in [1.29, 1.82) is 0 Å². The van der Waals surface area contributed by atoms with Crippen molar-refractivity contribution >= 4 is 27.2 Å². The molecule has 0 radical (unpaired) electrons. The van der Waals surface area contributed by atoms with Crippen LogP contribution in [0.3, 0.4) is 0 Å². The molecule has 0 amide bonds. The van der Waals surface area contributed by atoms with Gasteiger partial charge >= 0.3 is 0 Å². The van der Waals surface area contributed by atoms with Crippen molar-refractivity contribution in [2.75, 3.05) is 12.3 Å². The molecule has 0 aliphatic rings. The summed E-state index contributed by atoms with van der Waals surface area (Å²) in [5.41, 5.74) is 0. The van der Waals surface area contributed by atoms with Crippen molar-refractivity contribution < 1.29 is 8.42 Å². The third-order valence-corrected chi connectivity index (χ3v) is 3.59. The maximum absolute atomic E-state index is 11.1. The molecule has 0 atom stereocenters. The Morgan fingerprint density at radius 2 is 2.09 bits per heavy atom. The molecule has 0 N–H and O–H groups in total. The van der Waals surface area contributed by atoms with Crippen molar-refractivity contribution in [3.05, 3.63) is 0 Å². The summed E-state index contributed by atoms with van der Waals surface area (Å²) < 4.78 is 22.2. The Labute approximate surface area is 72.4 Å². The van der Waals surface area contributed by atoms with E-state index in [4.69, 9.17) is 0 Å². The SMILES string of the molecule is CC(C)S(=O)(=O)CCN=C=S. The average Bonchev–Trinajstić information content (AvgIpc) is 1.88. The summed E-state index contributed by atoms with van der Waals surface area (Å²) in [6, 6.07) is 0. The number of thiocarbonyl (C=S) groups is 1. The zero-order valence-electron chi connectivity index (χ0n) is 6.57. The molecule has 3 nitrogen and oxygen atoms in total. The first-order chi connectivity index (χ1) is 5.00. The molecule has 0 fully saturated rings. The van der Waals surface area contributed by atoms with E-state index in [0.29, 0.717) is 0 Å². The van der Waals surface area contributed by atoms with Crippen LogP contribution in [-0.2, 0) is 9.84 Å². The minimum Gasteiger partial charge on any atom is -0.231 e. The van der Waals surface area contributed by atoms with Gasteiger partial charge in [0.25, 0.3) is 0 Å². The lowest BCUT2D eigenvalue weighted by atomic mass is 10.6. The van der Waals surface area contributed by atoms with Gasteiger partial charge in [0.05, 0.1) is 22.7 Å². The van der Waals surface area contributed by atoms with E-state index < -0.39 is 9.84 Å². The number of sulfone groups is 1. The lowest BCUT2D eigenvalue weighted by Crippen LogP contribution is -2.19. The van der Waals surface area contributed by atoms with E-state index in [0.717, 1.165) is 0 Å². The molecule has 64 valence electrons. The standard InChI is InChI=1S/C6H11NO2S2/c1-6(2)11(8,9)4-3-7-5-10/h6H,3-4H2,1-2H3. The molecule has 0 saturated carbocycles. The lowest BCUT2D eigenvalue weighted by Gasteiger charge is -2.03. The maximum atomic E-state index is 11.1. The smallest absolute Gasteiger partial charge is 0.154 e. The fourth-order valence-electron chi connectivity index (χ4n) is 0.454. The predicted octanol–water partition coefficient (Wildman–Crippen LogP) is 0.912. The summed E-state index contributed by atoms with van der Waals surface area (Å²) in [5.74, 6) is 0.0638. The third-order valence-electron chi connectivity index (χ3n) is 1.27. The summed E-state index contributed by atoms with van der Waals surface area (Å²) in [6.45, 7) is 3.52. The van der Waals surface area contributed by atoms with Crippen molar-refractivity contribution in [3.8, 4) is 0 Å². The van der Waals surface area contributed by atoms with Gasteiger partial charge in [0.15, 0.2) is 9.84 Å². The summed E-state index contributed by atoms with van der Waals surface area (Å²) in [5, 5.41) is 1.79. The van der Waals surface area contributed by atoms with E-state index in [9.17, 15) is 8.42 Å². The summed E-state index contributed by atoms with van der Waals surface area (Å²) >= 11 is 4.29. The quantitative estimate of drug-likeness (QED) is 0.492. The van der Waals surface area contributed by atoms with Gasteiger partial charge in [-0.3, -0.25) is 0 Å². The summed E-state index contributed by atoms with van der Waals surface area (Å²) in [7, 11) is -2.95. The summed E-state index contributed by atoms with van der Waals surface area (Å²) in [6.07, 6.45) is 0. The highest BCUT2D eigenvalue weighted by atomic mass is 32.2. The predicted molar refractivity (Wildman–Crippen MR) is 48.8 cm³/mol. The van der Waals surface area contributed by atoms with Crippen molar-refractivity contribution in [2.24, 2.45) is 4.99 Å². The monoisotopic (exact) mass is 193 g/mol. The number of rotatable bonds is 4. The lowest BCUT2D eigenvalue weighted by molar-refractivity contribution is 0.587. The van der Waals surface area contributed by atoms with Crippen LogP contribution < -0.4 is 0 Å². The van der Waals surface area contributed by atoms with Gasteiger partial charge in [-0.1, -0.05) is 0 Å². The van der Waals surface area contributed by atoms with E-state index in [1.54, 1.807) is 13.8 Å². The Morgan fingerprint density at radius 3 is 2.45 bits per heavy atom. The van der Waals surface area contributed by atoms with E-state index in [-0.39, 0.29) is 17.5 Å². The Hall–Kier alpha value is -0.250. The van der Waals surface area contributed by atoms with Crippen LogP contribution in [0.1, 0.15) is 13.8 Å². The molecule has 0 aromatic heterocycles. The highest BCUT2D eigenvalue weighted by Gasteiger charge is 2.14. The first kappa shape index (κ1) is 10.8. The molecule has 0 aromatic carbocycles. The van der Waals surface area contributed by atoms with Crippen molar-refractivity contribution in [3.63, 3.8) is 0 Å². The first-order valence-electron chi connectivity index (χ1n) is 3.26. The van der Waals surface area contributed by atoms with Crippen LogP contribution in [0.4, 0.5) is 0 Å². The van der Waals surface area contributed by atoms with Crippen molar-refractivity contribution in [1.82, 2.24) is 0 Å². The Balaban J connectivity index is 4.05. The normalized spacial score (nSPS) is 11.2. The van der Waals surface area contributed by atoms with Crippen LogP contribution in [0.15, 0.2) is 4.99 Å². The van der Waals surface area contributed by atoms with E-state index >= 15 is 0 Å². The zero-order chi connectivity index (χ0) is 8.91. The number of nitrogens with zero attached hydrogens (tertiary/aromatic N) is 1. The van der Waals surface area contributed by atoms with Crippen LogP contribution in [-0.4, -0.2) is 31.1 Å². The Kier molecular flexibility index (Phi) is 4.49. The van der Waals surface area contributed by atoms with E-state index in [1.165, 1.54) is 0 Å². The second kappa shape index (κ2) is 4.59. The van der Waals surface area contributed by atoms with Crippen LogP contribution in [0, 0.1) is 0 Å². The van der Waals surface area contributed by atoms with Crippen LogP contribution >= 0.6 is 12.2 Å². The number of isothiocyanates is 1. The molecule has 11 heavy (non-hydrogen) atoms. The molecule has 0 rings (SSSR count). The first-order valence-corrected chi connectivity index (χ1v) is 5.38. The van der Waals surface area contributed by atoms with Crippen LogP contribution in [0.5, 0.6) is 0 Å². The highest BCUT2D eigenvalue weighted by molar-refractivity contribution is 7.92. The van der Waals surface area contributed by atoms with Gasteiger partial charge in [0, 0.05) is 0 Å². The molecule has 0 unspecified atom stereocenters. The topological polar surface area (TPSA) is 46.5 Å². The zero-order valence-corrected chi connectivity index (χ0v) is 8.20. The number of aliphatic imine (C=N–C) groups is 1. The third kappa shape index (κ3) is 4.24. The molecule has 0 aliphatic heterocycles. The van der Waals surface area contributed by atoms with Gasteiger partial charge in [-0.2, -0.15) is 0 Å². The fourth-order valence-corrected chi connectivity index (χ4v) is 1.36. The molecular weight excluding hydrogens is 182 g/mol. The molecule has 0 aromatic rings. The molecular formula is C6H11NO2S2. The molecule has 0 spiro atoms. The molecule has 5 heteroatoms. The van der Waals surface area contributed by atoms with E-state index in [1.807, 2.05) is 0 Å². The molecule has 0 saturated heterocycles. The average molecular weight is 193 g/mol. The van der Waals surface area contributed by atoms with Gasteiger partial charge in [-0.25, -0.2) is 13.4 Å². The van der Waals surface area contributed by atoms with Gasteiger partial charge in [-0.05, 0) is 26.1 Å².